The third-order valence-corrected chi connectivity index (χ3v) is 5.09. The van der Waals surface area contributed by atoms with Crippen molar-refractivity contribution in [2.75, 3.05) is 31.2 Å². The normalized spacial score (nSPS) is 15.4. The summed E-state index contributed by atoms with van der Waals surface area (Å²) in [5, 5.41) is 3.60. The van der Waals surface area contributed by atoms with Gasteiger partial charge in [0, 0.05) is 23.5 Å². The molecule has 2 aromatic rings. The van der Waals surface area contributed by atoms with Gasteiger partial charge in [0.05, 0.1) is 12.8 Å². The van der Waals surface area contributed by atoms with Crippen LogP contribution in [0.3, 0.4) is 0 Å². The number of piperidine rings is 1. The Hall–Kier alpha value is -1.83. The molecule has 0 bridgehead atoms. The minimum absolute atomic E-state index is 0. The van der Waals surface area contributed by atoms with Crippen molar-refractivity contribution in [3.63, 3.8) is 0 Å². The number of para-hydroxylation sites is 2. The quantitative estimate of drug-likeness (QED) is 0.830. The number of benzene rings is 1. The molecule has 8 heteroatoms. The minimum Gasteiger partial charge on any atom is -0.495 e. The zero-order valence-corrected chi connectivity index (χ0v) is 15.7. The Morgan fingerprint density at radius 3 is 2.76 bits per heavy atom. The fourth-order valence-corrected chi connectivity index (χ4v) is 3.68. The Labute approximate surface area is 157 Å². The molecule has 25 heavy (non-hydrogen) atoms. The van der Waals surface area contributed by atoms with Crippen molar-refractivity contribution in [2.45, 2.75) is 19.4 Å². The molecule has 1 aromatic carbocycles. The number of aromatic nitrogens is 1. The lowest BCUT2D eigenvalue weighted by Gasteiger charge is -2.30. The van der Waals surface area contributed by atoms with Crippen LogP contribution in [0.4, 0.5) is 10.8 Å². The van der Waals surface area contributed by atoms with Crippen LogP contribution in [0.2, 0.25) is 0 Å². The predicted octanol–water partition coefficient (Wildman–Crippen LogP) is 3.01. The number of hydrogen-bond donors (Lipinski definition) is 2. The molecule has 1 aromatic heterocycles. The van der Waals surface area contributed by atoms with Gasteiger partial charge in [0.1, 0.15) is 5.75 Å². The predicted molar refractivity (Wildman–Crippen MR) is 103 cm³/mol. The van der Waals surface area contributed by atoms with Crippen LogP contribution in [-0.2, 0) is 11.3 Å². The molecule has 1 fully saturated rings. The van der Waals surface area contributed by atoms with Gasteiger partial charge in [0.15, 0.2) is 5.13 Å². The van der Waals surface area contributed by atoms with E-state index < -0.39 is 0 Å². The number of carbonyl (C=O) groups excluding carboxylic acids is 1. The van der Waals surface area contributed by atoms with Gasteiger partial charge in [-0.3, -0.25) is 9.69 Å². The smallest absolute Gasteiger partial charge is 0.227 e. The van der Waals surface area contributed by atoms with Crippen molar-refractivity contribution in [2.24, 2.45) is 5.92 Å². The highest BCUT2D eigenvalue weighted by Crippen LogP contribution is 2.26. The van der Waals surface area contributed by atoms with E-state index in [9.17, 15) is 4.79 Å². The number of methoxy groups -OCH3 is 1. The monoisotopic (exact) mass is 382 g/mol. The number of likely N-dealkylation sites (tertiary alicyclic amines) is 1. The van der Waals surface area contributed by atoms with Gasteiger partial charge in [-0.05, 0) is 38.1 Å². The summed E-state index contributed by atoms with van der Waals surface area (Å²) in [5.74, 6) is 0.796. The van der Waals surface area contributed by atoms with E-state index in [1.54, 1.807) is 7.11 Å². The van der Waals surface area contributed by atoms with E-state index in [1.165, 1.54) is 16.2 Å². The summed E-state index contributed by atoms with van der Waals surface area (Å²) >= 11 is 1.53. The van der Waals surface area contributed by atoms with Crippen LogP contribution in [0, 0.1) is 5.92 Å². The number of thiazole rings is 1. The van der Waals surface area contributed by atoms with Crippen molar-refractivity contribution in [1.82, 2.24) is 9.88 Å². The maximum Gasteiger partial charge on any atom is 0.227 e. The molecule has 0 unspecified atom stereocenters. The van der Waals surface area contributed by atoms with E-state index in [4.69, 9.17) is 10.5 Å². The standard InChI is InChI=1S/C17H22N4O2S.ClH/c1-23-15-5-3-2-4-14(15)20-16(22)12-6-8-21(9-7-12)11-13-10-19-17(18)24-13;/h2-5,10,12H,6-9,11H2,1H3,(H2,18,19)(H,20,22);1H. The molecule has 136 valence electrons. The summed E-state index contributed by atoms with van der Waals surface area (Å²) in [5.41, 5.74) is 6.40. The van der Waals surface area contributed by atoms with Crippen LogP contribution in [0.25, 0.3) is 0 Å². The number of carbonyl (C=O) groups is 1. The topological polar surface area (TPSA) is 80.5 Å². The molecule has 0 atom stereocenters. The molecule has 1 aliphatic heterocycles. The summed E-state index contributed by atoms with van der Waals surface area (Å²) in [4.78, 5) is 20.1. The van der Waals surface area contributed by atoms with Crippen LogP contribution >= 0.6 is 23.7 Å². The molecule has 0 aliphatic carbocycles. The van der Waals surface area contributed by atoms with Crippen molar-refractivity contribution in [1.29, 1.82) is 0 Å². The van der Waals surface area contributed by atoms with Crippen LogP contribution < -0.4 is 15.8 Å². The molecule has 2 heterocycles. The number of nitrogen functional groups attached to an aromatic ring is 1. The molecule has 1 aliphatic rings. The molecular weight excluding hydrogens is 360 g/mol. The third kappa shape index (κ3) is 5.07. The number of ether oxygens (including phenoxy) is 1. The van der Waals surface area contributed by atoms with Gasteiger partial charge in [-0.2, -0.15) is 0 Å². The second-order valence-electron chi connectivity index (χ2n) is 5.90. The Bertz CT molecular complexity index is 701. The number of halogens is 1. The number of amides is 1. The maximum absolute atomic E-state index is 12.5. The second-order valence-corrected chi connectivity index (χ2v) is 7.05. The maximum atomic E-state index is 12.5. The first-order valence-corrected chi connectivity index (χ1v) is 8.84. The Morgan fingerprint density at radius 1 is 1.40 bits per heavy atom. The molecular formula is C17H23ClN4O2S. The van der Waals surface area contributed by atoms with Crippen LogP contribution in [-0.4, -0.2) is 36.0 Å². The van der Waals surface area contributed by atoms with Gasteiger partial charge < -0.3 is 15.8 Å². The average molecular weight is 383 g/mol. The zero-order chi connectivity index (χ0) is 16.9. The largest absolute Gasteiger partial charge is 0.495 e. The van der Waals surface area contributed by atoms with Gasteiger partial charge in [0.25, 0.3) is 0 Å². The van der Waals surface area contributed by atoms with Crippen LogP contribution in [0.5, 0.6) is 5.75 Å². The first-order chi connectivity index (χ1) is 11.7. The number of nitrogens with two attached hydrogens (primary N) is 1. The van der Waals surface area contributed by atoms with Gasteiger partial charge in [-0.25, -0.2) is 4.98 Å². The molecule has 1 amide bonds. The van der Waals surface area contributed by atoms with Gasteiger partial charge in [0.2, 0.25) is 5.91 Å². The summed E-state index contributed by atoms with van der Waals surface area (Å²) in [6.45, 7) is 2.67. The first kappa shape index (κ1) is 19.5. The number of nitrogens with zero attached hydrogens (tertiary/aromatic N) is 2. The molecule has 3 N–H and O–H groups in total. The van der Waals surface area contributed by atoms with E-state index >= 15 is 0 Å². The van der Waals surface area contributed by atoms with Gasteiger partial charge in [-0.15, -0.1) is 23.7 Å². The van der Waals surface area contributed by atoms with Gasteiger partial charge in [-0.1, -0.05) is 12.1 Å². The summed E-state index contributed by atoms with van der Waals surface area (Å²) < 4.78 is 5.28. The molecule has 0 saturated carbocycles. The fourth-order valence-electron chi connectivity index (χ4n) is 2.95. The SMILES string of the molecule is COc1ccccc1NC(=O)C1CCN(Cc2cnc(N)s2)CC1.Cl. The van der Waals surface area contributed by atoms with E-state index in [0.717, 1.165) is 38.2 Å². The lowest BCUT2D eigenvalue weighted by molar-refractivity contribution is -0.121. The van der Waals surface area contributed by atoms with Crippen molar-refractivity contribution in [3.05, 3.63) is 35.3 Å². The number of rotatable bonds is 5. The van der Waals surface area contributed by atoms with Crippen molar-refractivity contribution < 1.29 is 9.53 Å². The highest BCUT2D eigenvalue weighted by atomic mass is 35.5. The molecule has 0 radical (unpaired) electrons. The molecule has 6 nitrogen and oxygen atoms in total. The minimum atomic E-state index is 0. The zero-order valence-electron chi connectivity index (χ0n) is 14.1. The van der Waals surface area contributed by atoms with Crippen molar-refractivity contribution >= 4 is 40.5 Å². The molecule has 3 rings (SSSR count). The van der Waals surface area contributed by atoms with E-state index in [1.807, 2.05) is 30.5 Å². The fraction of sp³-hybridized carbons (Fsp3) is 0.412. The lowest BCUT2D eigenvalue weighted by atomic mass is 9.95. The Balaban J connectivity index is 0.00000225. The summed E-state index contributed by atoms with van der Waals surface area (Å²) in [6, 6.07) is 7.49. The number of nitrogens with one attached hydrogen (secondary N) is 1. The number of anilines is 2. The Kier molecular flexibility index (Phi) is 7.04. The van der Waals surface area contributed by atoms with Crippen LogP contribution in [0.1, 0.15) is 17.7 Å². The Morgan fingerprint density at radius 2 is 2.12 bits per heavy atom. The molecule has 1 saturated heterocycles. The summed E-state index contributed by atoms with van der Waals surface area (Å²) in [7, 11) is 1.61. The highest BCUT2D eigenvalue weighted by Gasteiger charge is 2.25. The number of hydrogen-bond acceptors (Lipinski definition) is 6. The molecule has 0 spiro atoms. The lowest BCUT2D eigenvalue weighted by Crippen LogP contribution is -2.37. The first-order valence-electron chi connectivity index (χ1n) is 8.02. The highest BCUT2D eigenvalue weighted by molar-refractivity contribution is 7.15. The van der Waals surface area contributed by atoms with Gasteiger partial charge >= 0.3 is 0 Å². The van der Waals surface area contributed by atoms with E-state index in [-0.39, 0.29) is 24.2 Å². The van der Waals surface area contributed by atoms with Crippen LogP contribution in [0.15, 0.2) is 30.5 Å². The van der Waals surface area contributed by atoms with Crippen molar-refractivity contribution in [3.8, 4) is 5.75 Å². The average Bonchev–Trinajstić information content (AvgIpc) is 3.01. The third-order valence-electron chi connectivity index (χ3n) is 4.27. The summed E-state index contributed by atoms with van der Waals surface area (Å²) in [6.07, 6.45) is 3.55. The van der Waals surface area contributed by atoms with E-state index in [2.05, 4.69) is 15.2 Å². The van der Waals surface area contributed by atoms with E-state index in [0.29, 0.717) is 10.9 Å². The second kappa shape index (κ2) is 9.03.